The maximum absolute atomic E-state index is 13.3. The highest BCUT2D eigenvalue weighted by molar-refractivity contribution is 5.85. The Morgan fingerprint density at radius 1 is 1.44 bits per heavy atom. The summed E-state index contributed by atoms with van der Waals surface area (Å²) >= 11 is 0. The zero-order valence-electron chi connectivity index (χ0n) is 9.60. The average Bonchev–Trinajstić information content (AvgIpc) is 2.31. The number of alkyl halides is 2. The second-order valence-electron chi connectivity index (χ2n) is 3.69. The highest BCUT2D eigenvalue weighted by Crippen LogP contribution is 2.36. The number of halogens is 3. The first kappa shape index (κ1) is 17.0. The summed E-state index contributed by atoms with van der Waals surface area (Å²) < 4.78 is 26.5. The summed E-state index contributed by atoms with van der Waals surface area (Å²) in [7, 11) is 0. The Morgan fingerprint density at radius 3 is 2.44 bits per heavy atom. The van der Waals surface area contributed by atoms with Gasteiger partial charge in [-0.3, -0.25) is 4.98 Å². The maximum Gasteiger partial charge on any atom is 0.289 e. The SMILES string of the molecule is Cc1ncc(CO)c([C@H](N)C(F)(F)CO)c1O.Cl. The zero-order valence-corrected chi connectivity index (χ0v) is 10.4. The summed E-state index contributed by atoms with van der Waals surface area (Å²) in [5, 5.41) is 27.2. The Labute approximate surface area is 109 Å². The molecule has 0 aromatic carbocycles. The van der Waals surface area contributed by atoms with Gasteiger partial charge in [0, 0.05) is 17.3 Å². The quantitative estimate of drug-likeness (QED) is 0.650. The number of pyridine rings is 1. The standard InChI is InChI=1S/C10H14F2N2O3.ClH/c1-5-8(17)7(6(3-15)2-14-5)9(13)10(11,12)4-16;/h2,9,15-17H,3-4,13H2,1H3;1H/t9-;/m0./s1. The van der Waals surface area contributed by atoms with E-state index in [0.29, 0.717) is 0 Å². The monoisotopic (exact) mass is 284 g/mol. The lowest BCUT2D eigenvalue weighted by molar-refractivity contribution is -0.0719. The first-order valence-electron chi connectivity index (χ1n) is 4.87. The van der Waals surface area contributed by atoms with Gasteiger partial charge in [0.1, 0.15) is 18.4 Å². The predicted octanol–water partition coefficient (Wildman–Crippen LogP) is 0.637. The van der Waals surface area contributed by atoms with Gasteiger partial charge in [0.05, 0.1) is 12.3 Å². The summed E-state index contributed by atoms with van der Waals surface area (Å²) in [6, 6.07) is -1.91. The van der Waals surface area contributed by atoms with Gasteiger partial charge in [0.2, 0.25) is 0 Å². The van der Waals surface area contributed by atoms with Gasteiger partial charge in [-0.25, -0.2) is 8.78 Å². The van der Waals surface area contributed by atoms with E-state index in [-0.39, 0.29) is 29.2 Å². The first-order valence-corrected chi connectivity index (χ1v) is 4.87. The first-order chi connectivity index (χ1) is 7.85. The lowest BCUT2D eigenvalue weighted by Crippen LogP contribution is -2.37. The number of aryl methyl sites for hydroxylation is 1. The van der Waals surface area contributed by atoms with Gasteiger partial charge in [0.25, 0.3) is 5.92 Å². The van der Waals surface area contributed by atoms with Crippen molar-refractivity contribution < 1.29 is 24.1 Å². The van der Waals surface area contributed by atoms with E-state index in [1.807, 2.05) is 0 Å². The lowest BCUT2D eigenvalue weighted by atomic mass is 9.96. The average molecular weight is 285 g/mol. The molecule has 1 aromatic heterocycles. The number of hydrogen-bond acceptors (Lipinski definition) is 5. The maximum atomic E-state index is 13.3. The van der Waals surface area contributed by atoms with E-state index in [1.54, 1.807) is 0 Å². The Balaban J connectivity index is 0.00000289. The second-order valence-corrected chi connectivity index (χ2v) is 3.69. The highest BCUT2D eigenvalue weighted by Gasteiger charge is 2.40. The van der Waals surface area contributed by atoms with Crippen LogP contribution in [0.15, 0.2) is 6.20 Å². The van der Waals surface area contributed by atoms with E-state index in [0.717, 1.165) is 6.20 Å². The van der Waals surface area contributed by atoms with Crippen LogP contribution in [0.4, 0.5) is 8.78 Å². The Kier molecular flexibility index (Phi) is 5.88. The number of aliphatic hydroxyl groups excluding tert-OH is 2. The van der Waals surface area contributed by atoms with Crippen LogP contribution in [0.25, 0.3) is 0 Å². The van der Waals surface area contributed by atoms with Crippen molar-refractivity contribution in [1.82, 2.24) is 4.98 Å². The van der Waals surface area contributed by atoms with Crippen molar-refractivity contribution in [2.75, 3.05) is 6.61 Å². The summed E-state index contributed by atoms with van der Waals surface area (Å²) in [4.78, 5) is 3.73. The van der Waals surface area contributed by atoms with E-state index >= 15 is 0 Å². The van der Waals surface area contributed by atoms with Crippen molar-refractivity contribution in [1.29, 1.82) is 0 Å². The Bertz CT molecular complexity index is 418. The molecule has 1 rings (SSSR count). The molecule has 0 saturated carbocycles. The van der Waals surface area contributed by atoms with E-state index in [9.17, 15) is 13.9 Å². The molecule has 5 N–H and O–H groups in total. The molecular weight excluding hydrogens is 270 g/mol. The fourth-order valence-electron chi connectivity index (χ4n) is 1.43. The molecule has 1 atom stereocenters. The van der Waals surface area contributed by atoms with Crippen molar-refractivity contribution in [2.45, 2.75) is 25.5 Å². The molecular formula is C10H15ClF2N2O3. The van der Waals surface area contributed by atoms with E-state index in [4.69, 9.17) is 15.9 Å². The Hall–Kier alpha value is -1.02. The molecule has 0 bridgehead atoms. The van der Waals surface area contributed by atoms with Gasteiger partial charge in [-0.15, -0.1) is 12.4 Å². The number of aromatic hydroxyl groups is 1. The summed E-state index contributed by atoms with van der Waals surface area (Å²) in [6.45, 7) is -0.602. The topological polar surface area (TPSA) is 99.6 Å². The van der Waals surface area contributed by atoms with E-state index in [1.165, 1.54) is 6.92 Å². The molecule has 0 amide bonds. The van der Waals surface area contributed by atoms with Crippen molar-refractivity contribution in [3.63, 3.8) is 0 Å². The van der Waals surface area contributed by atoms with Gasteiger partial charge in [-0.05, 0) is 6.92 Å². The van der Waals surface area contributed by atoms with Crippen LogP contribution in [-0.4, -0.2) is 32.8 Å². The lowest BCUT2D eigenvalue weighted by Gasteiger charge is -2.24. The molecule has 0 aliphatic rings. The number of aliphatic hydroxyl groups is 2. The summed E-state index contributed by atoms with van der Waals surface area (Å²) in [6.07, 6.45) is 1.16. The van der Waals surface area contributed by atoms with Gasteiger partial charge >= 0.3 is 0 Å². The molecule has 18 heavy (non-hydrogen) atoms. The molecule has 0 aliphatic carbocycles. The fraction of sp³-hybridized carbons (Fsp3) is 0.500. The van der Waals surface area contributed by atoms with Crippen LogP contribution < -0.4 is 5.73 Å². The van der Waals surface area contributed by atoms with Gasteiger partial charge < -0.3 is 21.1 Å². The van der Waals surface area contributed by atoms with Crippen molar-refractivity contribution in [3.8, 4) is 5.75 Å². The van der Waals surface area contributed by atoms with Crippen LogP contribution in [0, 0.1) is 6.92 Å². The second kappa shape index (κ2) is 6.24. The molecule has 0 aliphatic heterocycles. The van der Waals surface area contributed by atoms with Crippen LogP contribution >= 0.6 is 12.4 Å². The summed E-state index contributed by atoms with van der Waals surface area (Å²) in [5.41, 5.74) is 5.16. The minimum absolute atomic E-state index is 0. The molecule has 0 radical (unpaired) electrons. The van der Waals surface area contributed by atoms with Gasteiger partial charge in [0.15, 0.2) is 0 Å². The minimum atomic E-state index is -3.59. The largest absolute Gasteiger partial charge is 0.506 e. The van der Waals surface area contributed by atoms with Gasteiger partial charge in [-0.2, -0.15) is 0 Å². The van der Waals surface area contributed by atoms with E-state index in [2.05, 4.69) is 4.98 Å². The fourth-order valence-corrected chi connectivity index (χ4v) is 1.43. The van der Waals surface area contributed by atoms with Gasteiger partial charge in [-0.1, -0.05) is 0 Å². The number of nitrogens with zero attached hydrogens (tertiary/aromatic N) is 1. The van der Waals surface area contributed by atoms with E-state index < -0.39 is 30.9 Å². The van der Waals surface area contributed by atoms with Crippen LogP contribution in [0.3, 0.4) is 0 Å². The zero-order chi connectivity index (χ0) is 13.2. The summed E-state index contributed by atoms with van der Waals surface area (Å²) in [5.74, 6) is -4.08. The number of aromatic nitrogens is 1. The molecule has 1 heterocycles. The van der Waals surface area contributed by atoms with Crippen molar-refractivity contribution >= 4 is 12.4 Å². The molecule has 0 saturated heterocycles. The third-order valence-corrected chi connectivity index (χ3v) is 2.50. The number of hydrogen-bond donors (Lipinski definition) is 4. The molecule has 0 fully saturated rings. The minimum Gasteiger partial charge on any atom is -0.506 e. The number of nitrogens with two attached hydrogens (primary N) is 1. The van der Waals surface area contributed by atoms with Crippen LogP contribution in [0.1, 0.15) is 22.9 Å². The Morgan fingerprint density at radius 2 is 2.00 bits per heavy atom. The molecule has 5 nitrogen and oxygen atoms in total. The highest BCUT2D eigenvalue weighted by atomic mass is 35.5. The molecule has 0 unspecified atom stereocenters. The third-order valence-electron chi connectivity index (χ3n) is 2.50. The van der Waals surface area contributed by atoms with Crippen LogP contribution in [-0.2, 0) is 6.61 Å². The molecule has 104 valence electrons. The number of rotatable bonds is 4. The predicted molar refractivity (Wildman–Crippen MR) is 62.8 cm³/mol. The molecule has 0 spiro atoms. The molecule has 1 aromatic rings. The van der Waals surface area contributed by atoms with Crippen LogP contribution in [0.5, 0.6) is 5.75 Å². The van der Waals surface area contributed by atoms with Crippen molar-refractivity contribution in [3.05, 3.63) is 23.0 Å². The smallest absolute Gasteiger partial charge is 0.289 e. The normalized spacial score (nSPS) is 13.0. The van der Waals surface area contributed by atoms with Crippen LogP contribution in [0.2, 0.25) is 0 Å². The van der Waals surface area contributed by atoms with Crippen molar-refractivity contribution in [2.24, 2.45) is 5.73 Å². The third kappa shape index (κ3) is 3.05. The molecule has 8 heteroatoms.